The zero-order valence-electron chi connectivity index (χ0n) is 17.8. The van der Waals surface area contributed by atoms with Gasteiger partial charge in [-0.1, -0.05) is 58.9 Å². The molecule has 0 aromatic heterocycles. The minimum Gasteiger partial charge on any atom is -0.458 e. The van der Waals surface area contributed by atoms with Crippen molar-refractivity contribution in [2.45, 2.75) is 72.4 Å². The maximum Gasteiger partial charge on any atom is 0.328 e. The summed E-state index contributed by atoms with van der Waals surface area (Å²) in [6, 6.07) is 7.88. The summed E-state index contributed by atoms with van der Waals surface area (Å²) < 4.78 is 5.78. The third-order valence-electron chi connectivity index (χ3n) is 5.07. The topological polar surface area (TPSA) is 41.6 Å². The fraction of sp³-hybridized carbons (Fsp3) is 0.682. The lowest BCUT2D eigenvalue weighted by Gasteiger charge is -2.28. The molecular weight excluding hydrogens is 324 g/mol. The molecule has 4 nitrogen and oxygen atoms in total. The Labute approximate surface area is 160 Å². The SMILES string of the molecule is CCN(CC)CCNC(C(=O)OC(C)(C)CC)c1ccc(C(C)C)cc1. The van der Waals surface area contributed by atoms with Crippen molar-refractivity contribution >= 4 is 5.97 Å². The second-order valence-electron chi connectivity index (χ2n) is 7.77. The standard InChI is InChI=1S/C22H38N2O2/c1-8-22(6,7)26-21(25)20(23-15-16-24(9-2)10-3)19-13-11-18(12-14-19)17(4)5/h11-14,17,20,23H,8-10,15-16H2,1-7H3. The largest absolute Gasteiger partial charge is 0.458 e. The van der Waals surface area contributed by atoms with Gasteiger partial charge in [0, 0.05) is 13.1 Å². The Bertz CT molecular complexity index is 534. The molecule has 0 radical (unpaired) electrons. The van der Waals surface area contributed by atoms with E-state index in [-0.39, 0.29) is 5.97 Å². The highest BCUT2D eigenvalue weighted by atomic mass is 16.6. The van der Waals surface area contributed by atoms with Crippen LogP contribution in [0.15, 0.2) is 24.3 Å². The average molecular weight is 363 g/mol. The van der Waals surface area contributed by atoms with Gasteiger partial charge in [0.05, 0.1) is 0 Å². The van der Waals surface area contributed by atoms with Crippen LogP contribution in [0, 0.1) is 0 Å². The van der Waals surface area contributed by atoms with Crippen LogP contribution >= 0.6 is 0 Å². The monoisotopic (exact) mass is 362 g/mol. The van der Waals surface area contributed by atoms with Crippen molar-refractivity contribution in [3.05, 3.63) is 35.4 Å². The normalized spacial score (nSPS) is 13.3. The Morgan fingerprint density at radius 1 is 1.08 bits per heavy atom. The summed E-state index contributed by atoms with van der Waals surface area (Å²) in [6.45, 7) is 18.3. The number of nitrogens with one attached hydrogen (secondary N) is 1. The molecule has 0 heterocycles. The van der Waals surface area contributed by atoms with Crippen molar-refractivity contribution in [1.82, 2.24) is 10.2 Å². The van der Waals surface area contributed by atoms with Gasteiger partial charge in [-0.2, -0.15) is 0 Å². The molecular formula is C22H38N2O2. The second kappa shape index (κ2) is 10.7. The van der Waals surface area contributed by atoms with Crippen LogP contribution < -0.4 is 5.32 Å². The third-order valence-corrected chi connectivity index (χ3v) is 5.07. The first kappa shape index (κ1) is 22.7. The molecule has 0 saturated heterocycles. The molecule has 0 fully saturated rings. The van der Waals surface area contributed by atoms with Crippen LogP contribution in [0.5, 0.6) is 0 Å². The summed E-state index contributed by atoms with van der Waals surface area (Å²) in [5.41, 5.74) is 1.79. The first-order valence-electron chi connectivity index (χ1n) is 10.0. The minimum atomic E-state index is -0.451. The van der Waals surface area contributed by atoms with E-state index in [9.17, 15) is 4.79 Å². The molecule has 0 bridgehead atoms. The summed E-state index contributed by atoms with van der Waals surface area (Å²) in [6.07, 6.45) is 0.789. The number of likely N-dealkylation sites (N-methyl/N-ethyl adjacent to an activating group) is 1. The van der Waals surface area contributed by atoms with Crippen molar-refractivity contribution in [3.8, 4) is 0 Å². The van der Waals surface area contributed by atoms with Gasteiger partial charge >= 0.3 is 5.97 Å². The molecule has 26 heavy (non-hydrogen) atoms. The quantitative estimate of drug-likeness (QED) is 0.588. The number of nitrogens with zero attached hydrogens (tertiary/aromatic N) is 1. The maximum atomic E-state index is 12.9. The van der Waals surface area contributed by atoms with Crippen molar-refractivity contribution in [1.29, 1.82) is 0 Å². The van der Waals surface area contributed by atoms with Crippen LogP contribution in [-0.4, -0.2) is 42.6 Å². The number of esters is 1. The number of carbonyl (C=O) groups excluding carboxylic acids is 1. The van der Waals surface area contributed by atoms with Gasteiger partial charge in [-0.3, -0.25) is 5.32 Å². The Kier molecular flexibility index (Phi) is 9.31. The Balaban J connectivity index is 2.91. The van der Waals surface area contributed by atoms with Crippen LogP contribution in [0.25, 0.3) is 0 Å². The molecule has 1 atom stereocenters. The van der Waals surface area contributed by atoms with Crippen LogP contribution in [-0.2, 0) is 9.53 Å². The van der Waals surface area contributed by atoms with E-state index in [1.54, 1.807) is 0 Å². The number of benzene rings is 1. The molecule has 1 rings (SSSR count). The lowest BCUT2D eigenvalue weighted by molar-refractivity contribution is -0.159. The van der Waals surface area contributed by atoms with E-state index in [4.69, 9.17) is 4.74 Å². The number of hydrogen-bond acceptors (Lipinski definition) is 4. The number of carbonyl (C=O) groups is 1. The maximum absolute atomic E-state index is 12.9. The molecule has 0 aliphatic carbocycles. The highest BCUT2D eigenvalue weighted by Gasteiger charge is 2.28. The molecule has 0 aliphatic rings. The second-order valence-corrected chi connectivity index (χ2v) is 7.77. The average Bonchev–Trinajstić information content (AvgIpc) is 2.61. The molecule has 0 aliphatic heterocycles. The summed E-state index contributed by atoms with van der Waals surface area (Å²) in [5.74, 6) is 0.276. The van der Waals surface area contributed by atoms with E-state index < -0.39 is 11.6 Å². The first-order valence-corrected chi connectivity index (χ1v) is 10.0. The molecule has 1 aromatic rings. The molecule has 148 valence electrons. The summed E-state index contributed by atoms with van der Waals surface area (Å²) in [7, 11) is 0. The zero-order valence-corrected chi connectivity index (χ0v) is 17.8. The fourth-order valence-electron chi connectivity index (χ4n) is 2.72. The Hall–Kier alpha value is -1.39. The summed E-state index contributed by atoms with van der Waals surface area (Å²) >= 11 is 0. The summed E-state index contributed by atoms with van der Waals surface area (Å²) in [4.78, 5) is 15.2. The van der Waals surface area contributed by atoms with E-state index in [0.29, 0.717) is 5.92 Å². The number of ether oxygens (including phenoxy) is 1. The highest BCUT2D eigenvalue weighted by Crippen LogP contribution is 2.23. The van der Waals surface area contributed by atoms with E-state index in [1.165, 1.54) is 5.56 Å². The molecule has 0 amide bonds. The predicted molar refractivity (Wildman–Crippen MR) is 110 cm³/mol. The van der Waals surface area contributed by atoms with Crippen LogP contribution in [0.2, 0.25) is 0 Å². The molecule has 1 aromatic carbocycles. The van der Waals surface area contributed by atoms with Gasteiger partial charge in [-0.15, -0.1) is 0 Å². The number of rotatable bonds is 11. The summed E-state index contributed by atoms with van der Waals surface area (Å²) in [5, 5.41) is 3.41. The van der Waals surface area contributed by atoms with Gasteiger partial charge in [0.2, 0.25) is 0 Å². The molecule has 0 spiro atoms. The molecule has 1 N–H and O–H groups in total. The van der Waals surface area contributed by atoms with Crippen LogP contribution in [0.3, 0.4) is 0 Å². The predicted octanol–water partition coefficient (Wildman–Crippen LogP) is 4.51. The van der Waals surface area contributed by atoms with Gasteiger partial charge in [0.15, 0.2) is 0 Å². The van der Waals surface area contributed by atoms with Crippen LogP contribution in [0.1, 0.15) is 78.0 Å². The van der Waals surface area contributed by atoms with Crippen molar-refractivity contribution in [2.75, 3.05) is 26.2 Å². The zero-order chi connectivity index (χ0) is 19.7. The van der Waals surface area contributed by atoms with E-state index in [2.05, 4.69) is 50.0 Å². The van der Waals surface area contributed by atoms with Gasteiger partial charge in [-0.05, 0) is 50.4 Å². The molecule has 1 unspecified atom stereocenters. The Morgan fingerprint density at radius 2 is 1.62 bits per heavy atom. The highest BCUT2D eigenvalue weighted by molar-refractivity contribution is 5.78. The lowest BCUT2D eigenvalue weighted by atomic mass is 9.98. The van der Waals surface area contributed by atoms with Gasteiger partial charge in [0.1, 0.15) is 11.6 Å². The van der Waals surface area contributed by atoms with E-state index >= 15 is 0 Å². The van der Waals surface area contributed by atoms with Crippen molar-refractivity contribution < 1.29 is 9.53 Å². The van der Waals surface area contributed by atoms with Gasteiger partial charge < -0.3 is 9.64 Å². The van der Waals surface area contributed by atoms with Crippen molar-refractivity contribution in [2.24, 2.45) is 0 Å². The molecule has 0 saturated carbocycles. The van der Waals surface area contributed by atoms with E-state index in [0.717, 1.165) is 38.2 Å². The molecule has 4 heteroatoms. The van der Waals surface area contributed by atoms with Gasteiger partial charge in [0.25, 0.3) is 0 Å². The number of hydrogen-bond donors (Lipinski definition) is 1. The Morgan fingerprint density at radius 3 is 2.08 bits per heavy atom. The smallest absolute Gasteiger partial charge is 0.328 e. The van der Waals surface area contributed by atoms with Crippen LogP contribution in [0.4, 0.5) is 0 Å². The third kappa shape index (κ3) is 7.08. The van der Waals surface area contributed by atoms with Crippen molar-refractivity contribution in [3.63, 3.8) is 0 Å². The fourth-order valence-corrected chi connectivity index (χ4v) is 2.72. The van der Waals surface area contributed by atoms with E-state index in [1.807, 2.05) is 32.9 Å². The minimum absolute atomic E-state index is 0.200. The van der Waals surface area contributed by atoms with Gasteiger partial charge in [-0.25, -0.2) is 4.79 Å². The lowest BCUT2D eigenvalue weighted by Crippen LogP contribution is -2.39. The first-order chi connectivity index (χ1) is 12.2.